The van der Waals surface area contributed by atoms with Crippen molar-refractivity contribution in [2.75, 3.05) is 19.4 Å². The van der Waals surface area contributed by atoms with Crippen LogP contribution in [-0.4, -0.2) is 43.0 Å². The van der Waals surface area contributed by atoms with E-state index in [0.717, 1.165) is 8.78 Å². The number of rotatable bonds is 6. The van der Waals surface area contributed by atoms with E-state index in [0.29, 0.717) is 10.7 Å². The summed E-state index contributed by atoms with van der Waals surface area (Å²) in [7, 11) is -0.575. The van der Waals surface area contributed by atoms with E-state index in [4.69, 9.17) is 0 Å². The Labute approximate surface area is 160 Å². The van der Waals surface area contributed by atoms with Crippen molar-refractivity contribution < 1.29 is 13.2 Å². The van der Waals surface area contributed by atoms with Crippen molar-refractivity contribution in [3.05, 3.63) is 47.1 Å². The van der Waals surface area contributed by atoms with Crippen molar-refractivity contribution in [1.29, 1.82) is 0 Å². The smallest absolute Gasteiger partial charge is 0.244 e. The van der Waals surface area contributed by atoms with Crippen molar-refractivity contribution in [1.82, 2.24) is 9.29 Å². The molecule has 0 bridgehead atoms. The molecule has 134 valence electrons. The van der Waals surface area contributed by atoms with Gasteiger partial charge in [0.2, 0.25) is 15.9 Å². The van der Waals surface area contributed by atoms with Gasteiger partial charge in [-0.05, 0) is 43.3 Å². The molecule has 1 aromatic carbocycles. The molecule has 0 aliphatic rings. The Morgan fingerprint density at radius 2 is 1.84 bits per heavy atom. The van der Waals surface area contributed by atoms with Crippen LogP contribution in [-0.2, 0) is 14.8 Å². The molecule has 0 aliphatic heterocycles. The van der Waals surface area contributed by atoms with E-state index in [-0.39, 0.29) is 16.1 Å². The summed E-state index contributed by atoms with van der Waals surface area (Å²) in [5.41, 5.74) is 0.709. The number of hydrogen-bond acceptors (Lipinski definition) is 5. The van der Waals surface area contributed by atoms with Gasteiger partial charge in [-0.1, -0.05) is 27.7 Å². The van der Waals surface area contributed by atoms with Gasteiger partial charge in [0.15, 0.2) is 0 Å². The standard InChI is InChI=1S/C16H18BrN3O3S2/c1-11(16(21)19-13-6-4-12(17)5-7-13)24-15-9-8-14(10-18-15)25(22,23)20(2)3/h4-11H,1-3H3,(H,19,21)/t11-/m0/s1. The summed E-state index contributed by atoms with van der Waals surface area (Å²) < 4.78 is 26.1. The highest BCUT2D eigenvalue weighted by molar-refractivity contribution is 9.10. The molecule has 2 aromatic rings. The Hall–Kier alpha value is -1.42. The third-order valence-corrected chi connectivity index (χ3v) is 6.64. The molecule has 0 spiro atoms. The van der Waals surface area contributed by atoms with Crippen LogP contribution in [0.2, 0.25) is 0 Å². The minimum absolute atomic E-state index is 0.119. The van der Waals surface area contributed by atoms with E-state index in [1.54, 1.807) is 25.1 Å². The van der Waals surface area contributed by atoms with E-state index < -0.39 is 10.0 Å². The molecule has 1 N–H and O–H groups in total. The zero-order chi connectivity index (χ0) is 18.6. The fraction of sp³-hybridized carbons (Fsp3) is 0.250. The molecule has 0 saturated heterocycles. The lowest BCUT2D eigenvalue weighted by Gasteiger charge is -2.13. The first-order chi connectivity index (χ1) is 11.7. The van der Waals surface area contributed by atoms with Crippen molar-refractivity contribution in [2.45, 2.75) is 22.1 Å². The number of carbonyl (C=O) groups is 1. The second-order valence-corrected chi connectivity index (χ2v) is 9.80. The number of hydrogen-bond donors (Lipinski definition) is 1. The topological polar surface area (TPSA) is 79.4 Å². The Morgan fingerprint density at radius 1 is 1.20 bits per heavy atom. The maximum atomic E-state index is 12.2. The van der Waals surface area contributed by atoms with Crippen molar-refractivity contribution >= 4 is 49.3 Å². The summed E-state index contributed by atoms with van der Waals surface area (Å²) in [6.07, 6.45) is 1.30. The zero-order valence-electron chi connectivity index (χ0n) is 13.9. The lowest BCUT2D eigenvalue weighted by atomic mass is 10.3. The number of benzene rings is 1. The molecule has 0 fully saturated rings. The molecule has 1 aromatic heterocycles. The number of pyridine rings is 1. The molecule has 1 amide bonds. The Bertz CT molecular complexity index is 838. The average Bonchev–Trinajstić information content (AvgIpc) is 2.57. The second kappa shape index (κ2) is 8.31. The van der Waals surface area contributed by atoms with E-state index in [2.05, 4.69) is 26.2 Å². The van der Waals surface area contributed by atoms with Crippen LogP contribution in [0.1, 0.15) is 6.92 Å². The molecule has 2 rings (SSSR count). The molecular formula is C16H18BrN3O3S2. The summed E-state index contributed by atoms with van der Waals surface area (Å²) in [6, 6.07) is 10.4. The van der Waals surface area contributed by atoms with Gasteiger partial charge in [0, 0.05) is 30.5 Å². The number of halogens is 1. The normalized spacial score (nSPS) is 12.8. The van der Waals surface area contributed by atoms with Crippen LogP contribution in [0, 0.1) is 0 Å². The molecule has 9 heteroatoms. The molecule has 6 nitrogen and oxygen atoms in total. The summed E-state index contributed by atoms with van der Waals surface area (Å²) in [5.74, 6) is -0.154. The van der Waals surface area contributed by atoms with Gasteiger partial charge in [-0.25, -0.2) is 17.7 Å². The zero-order valence-corrected chi connectivity index (χ0v) is 17.2. The first-order valence-electron chi connectivity index (χ1n) is 7.32. The van der Waals surface area contributed by atoms with Crippen LogP contribution in [0.15, 0.2) is 57.0 Å². The molecule has 0 aliphatic carbocycles. The van der Waals surface area contributed by atoms with E-state index in [9.17, 15) is 13.2 Å². The van der Waals surface area contributed by atoms with Gasteiger partial charge in [-0.15, -0.1) is 0 Å². The first-order valence-corrected chi connectivity index (χ1v) is 10.4. The van der Waals surface area contributed by atoms with E-state index in [1.165, 1.54) is 38.1 Å². The summed E-state index contributed by atoms with van der Waals surface area (Å²) in [5, 5.41) is 3.03. The van der Waals surface area contributed by atoms with Crippen LogP contribution in [0.25, 0.3) is 0 Å². The van der Waals surface area contributed by atoms with Crippen molar-refractivity contribution in [2.24, 2.45) is 0 Å². The number of sulfonamides is 1. The molecule has 0 saturated carbocycles. The molecule has 0 unspecified atom stereocenters. The van der Waals surface area contributed by atoms with E-state index >= 15 is 0 Å². The number of thioether (sulfide) groups is 1. The molecular weight excluding hydrogens is 426 g/mol. The summed E-state index contributed by atoms with van der Waals surface area (Å²) in [4.78, 5) is 16.5. The van der Waals surface area contributed by atoms with Crippen LogP contribution in [0.3, 0.4) is 0 Å². The Balaban J connectivity index is 2.01. The van der Waals surface area contributed by atoms with Crippen LogP contribution in [0.5, 0.6) is 0 Å². The number of aromatic nitrogens is 1. The third-order valence-electron chi connectivity index (χ3n) is 3.27. The highest BCUT2D eigenvalue weighted by atomic mass is 79.9. The lowest BCUT2D eigenvalue weighted by Crippen LogP contribution is -2.23. The van der Waals surface area contributed by atoms with Crippen LogP contribution < -0.4 is 5.32 Å². The minimum Gasteiger partial charge on any atom is -0.325 e. The fourth-order valence-corrected chi connectivity index (χ4v) is 3.71. The number of carbonyl (C=O) groups excluding carboxylic acids is 1. The minimum atomic E-state index is -3.50. The Morgan fingerprint density at radius 3 is 2.36 bits per heavy atom. The van der Waals surface area contributed by atoms with Gasteiger partial charge in [-0.3, -0.25) is 4.79 Å². The average molecular weight is 444 g/mol. The summed E-state index contributed by atoms with van der Waals surface area (Å²) >= 11 is 4.60. The van der Waals surface area contributed by atoms with Gasteiger partial charge in [0.05, 0.1) is 10.3 Å². The SMILES string of the molecule is C[C@H](Sc1ccc(S(=O)(=O)N(C)C)cn1)C(=O)Nc1ccc(Br)cc1. The number of anilines is 1. The third kappa shape index (κ3) is 5.27. The van der Waals surface area contributed by atoms with Crippen molar-refractivity contribution in [3.8, 4) is 0 Å². The molecule has 0 radical (unpaired) electrons. The maximum absolute atomic E-state index is 12.2. The van der Waals surface area contributed by atoms with Gasteiger partial charge in [0.25, 0.3) is 0 Å². The number of nitrogens with one attached hydrogen (secondary N) is 1. The highest BCUT2D eigenvalue weighted by Gasteiger charge is 2.19. The first kappa shape index (κ1) is 19.9. The maximum Gasteiger partial charge on any atom is 0.244 e. The van der Waals surface area contributed by atoms with Gasteiger partial charge < -0.3 is 5.32 Å². The van der Waals surface area contributed by atoms with Crippen molar-refractivity contribution in [3.63, 3.8) is 0 Å². The predicted molar refractivity (Wildman–Crippen MR) is 103 cm³/mol. The summed E-state index contributed by atoms with van der Waals surface area (Å²) in [6.45, 7) is 1.77. The quantitative estimate of drug-likeness (QED) is 0.693. The molecule has 1 atom stereocenters. The van der Waals surface area contributed by atoms with Gasteiger partial charge >= 0.3 is 0 Å². The Kier molecular flexibility index (Phi) is 6.61. The highest BCUT2D eigenvalue weighted by Crippen LogP contribution is 2.24. The predicted octanol–water partition coefficient (Wildman–Crippen LogP) is 3.21. The van der Waals surface area contributed by atoms with Gasteiger partial charge in [0.1, 0.15) is 4.90 Å². The van der Waals surface area contributed by atoms with Gasteiger partial charge in [-0.2, -0.15) is 0 Å². The lowest BCUT2D eigenvalue weighted by molar-refractivity contribution is -0.115. The van der Waals surface area contributed by atoms with E-state index in [1.807, 2.05) is 12.1 Å². The number of amides is 1. The second-order valence-electron chi connectivity index (χ2n) is 5.38. The molecule has 25 heavy (non-hydrogen) atoms. The van der Waals surface area contributed by atoms with Crippen LogP contribution in [0.4, 0.5) is 5.69 Å². The van der Waals surface area contributed by atoms with Crippen LogP contribution >= 0.6 is 27.7 Å². The fourth-order valence-electron chi connectivity index (χ4n) is 1.81. The monoisotopic (exact) mass is 443 g/mol. The number of nitrogens with zero attached hydrogens (tertiary/aromatic N) is 2. The largest absolute Gasteiger partial charge is 0.325 e. The molecule has 1 heterocycles.